The molecule has 6 nitrogen and oxygen atoms in total. The summed E-state index contributed by atoms with van der Waals surface area (Å²) >= 11 is 6.21. The van der Waals surface area contributed by atoms with Crippen LogP contribution < -0.4 is 5.32 Å². The van der Waals surface area contributed by atoms with Crippen LogP contribution in [0.5, 0.6) is 0 Å². The van der Waals surface area contributed by atoms with Crippen molar-refractivity contribution in [2.24, 2.45) is 5.92 Å². The summed E-state index contributed by atoms with van der Waals surface area (Å²) in [6, 6.07) is 15.3. The third kappa shape index (κ3) is 3.90. The lowest BCUT2D eigenvalue weighted by Crippen LogP contribution is -2.65. The number of fused-ring (bicyclic) bond motifs is 3. The Bertz CT molecular complexity index is 1220. The van der Waals surface area contributed by atoms with Crippen molar-refractivity contribution in [2.45, 2.75) is 64.2 Å². The second-order valence-corrected chi connectivity index (χ2v) is 10.1. The summed E-state index contributed by atoms with van der Waals surface area (Å²) < 4.78 is 1.90. The molecule has 0 spiro atoms. The standard InChI is InChI=1S/C26H29ClN4O2/c1-17-8-3-4-11-20(17)29-25(33)26(2)16-30-22-13-6-5-12-21(22)28-23(30)24(32)31(26)15-18-9-7-10-19(27)14-18/h5-7,9-10,12-14,17,20H,3-4,8,11,15-16H2,1-2H3,(H,29,33). The van der Waals surface area contributed by atoms with Crippen LogP contribution in [-0.4, -0.2) is 37.8 Å². The lowest BCUT2D eigenvalue weighted by Gasteiger charge is -2.44. The van der Waals surface area contributed by atoms with Crippen molar-refractivity contribution in [3.8, 4) is 0 Å². The topological polar surface area (TPSA) is 67.2 Å². The fraction of sp³-hybridized carbons (Fsp3) is 0.423. The van der Waals surface area contributed by atoms with Crippen LogP contribution in [0.4, 0.5) is 0 Å². The molecular weight excluding hydrogens is 436 g/mol. The first-order valence-electron chi connectivity index (χ1n) is 11.7. The SMILES string of the molecule is CC1CCCCC1NC(=O)C1(C)Cn2c(nc3ccccc32)C(=O)N1Cc1cccc(Cl)c1. The van der Waals surface area contributed by atoms with E-state index < -0.39 is 5.54 Å². The van der Waals surface area contributed by atoms with Gasteiger partial charge in [0.15, 0.2) is 5.82 Å². The van der Waals surface area contributed by atoms with Gasteiger partial charge >= 0.3 is 0 Å². The van der Waals surface area contributed by atoms with E-state index in [1.165, 1.54) is 6.42 Å². The lowest BCUT2D eigenvalue weighted by molar-refractivity contribution is -0.134. The summed E-state index contributed by atoms with van der Waals surface area (Å²) in [5.41, 5.74) is 1.44. The van der Waals surface area contributed by atoms with Gasteiger partial charge in [-0.15, -0.1) is 0 Å². The molecule has 0 bridgehead atoms. The fourth-order valence-electron chi connectivity index (χ4n) is 5.25. The Balaban J connectivity index is 1.55. The highest BCUT2D eigenvalue weighted by atomic mass is 35.5. The Kier molecular flexibility index (Phi) is 5.65. The van der Waals surface area contributed by atoms with Crippen molar-refractivity contribution in [1.29, 1.82) is 0 Å². The van der Waals surface area contributed by atoms with Crippen molar-refractivity contribution in [3.05, 3.63) is 64.9 Å². The van der Waals surface area contributed by atoms with Gasteiger partial charge in [-0.1, -0.05) is 55.6 Å². The first-order valence-corrected chi connectivity index (χ1v) is 12.1. The second-order valence-electron chi connectivity index (χ2n) is 9.65. The molecule has 2 aliphatic rings. The molecule has 1 aliphatic heterocycles. The summed E-state index contributed by atoms with van der Waals surface area (Å²) in [7, 11) is 0. The smallest absolute Gasteiger partial charge is 0.291 e. The average Bonchev–Trinajstić information content (AvgIpc) is 3.17. The average molecular weight is 465 g/mol. The van der Waals surface area contributed by atoms with Gasteiger partial charge in [0.2, 0.25) is 5.91 Å². The highest BCUT2D eigenvalue weighted by Gasteiger charge is 2.49. The first-order chi connectivity index (χ1) is 15.9. The number of rotatable bonds is 4. The number of nitrogens with zero attached hydrogens (tertiary/aromatic N) is 3. The Hall–Kier alpha value is -2.86. The molecule has 2 aromatic carbocycles. The minimum Gasteiger partial charge on any atom is -0.351 e. The van der Waals surface area contributed by atoms with E-state index in [2.05, 4.69) is 17.2 Å². The largest absolute Gasteiger partial charge is 0.351 e. The predicted octanol–water partition coefficient (Wildman–Crippen LogP) is 4.80. The number of hydrogen-bond acceptors (Lipinski definition) is 3. The van der Waals surface area contributed by atoms with Gasteiger partial charge < -0.3 is 14.8 Å². The number of imidazole rings is 1. The molecule has 7 heteroatoms. The van der Waals surface area contributed by atoms with Crippen molar-refractivity contribution in [2.75, 3.05) is 0 Å². The van der Waals surface area contributed by atoms with Crippen LogP contribution in [0, 0.1) is 5.92 Å². The Morgan fingerprint density at radius 3 is 2.76 bits per heavy atom. The first kappa shape index (κ1) is 22.0. The number of amides is 2. The molecule has 0 radical (unpaired) electrons. The van der Waals surface area contributed by atoms with E-state index in [-0.39, 0.29) is 24.4 Å². The molecule has 172 valence electrons. The molecule has 33 heavy (non-hydrogen) atoms. The third-order valence-electron chi connectivity index (χ3n) is 7.30. The molecule has 2 heterocycles. The van der Waals surface area contributed by atoms with Gasteiger partial charge in [-0.3, -0.25) is 9.59 Å². The van der Waals surface area contributed by atoms with E-state index in [0.29, 0.717) is 23.3 Å². The van der Waals surface area contributed by atoms with Crippen molar-refractivity contribution < 1.29 is 9.59 Å². The number of carbonyl (C=O) groups is 2. The summed E-state index contributed by atoms with van der Waals surface area (Å²) in [6.45, 7) is 4.70. The monoisotopic (exact) mass is 464 g/mol. The van der Waals surface area contributed by atoms with Crippen molar-refractivity contribution >= 4 is 34.4 Å². The zero-order valence-corrected chi connectivity index (χ0v) is 19.8. The van der Waals surface area contributed by atoms with Crippen molar-refractivity contribution in [3.63, 3.8) is 0 Å². The molecule has 1 fully saturated rings. The highest BCUT2D eigenvalue weighted by Crippen LogP contribution is 2.33. The molecule has 0 saturated heterocycles. The van der Waals surface area contributed by atoms with E-state index in [1.807, 2.05) is 54.0 Å². The van der Waals surface area contributed by atoms with Gasteiger partial charge in [-0.2, -0.15) is 0 Å². The minimum absolute atomic E-state index is 0.111. The zero-order valence-electron chi connectivity index (χ0n) is 19.1. The summed E-state index contributed by atoms with van der Waals surface area (Å²) in [5.74, 6) is 0.443. The van der Waals surface area contributed by atoms with Gasteiger partial charge in [0, 0.05) is 17.6 Å². The Morgan fingerprint density at radius 2 is 1.97 bits per heavy atom. The number of halogens is 1. The molecule has 3 aromatic rings. The molecule has 3 unspecified atom stereocenters. The summed E-state index contributed by atoms with van der Waals surface area (Å²) in [5, 5.41) is 3.91. The molecule has 2 amide bonds. The van der Waals surface area contributed by atoms with Crippen LogP contribution in [0.25, 0.3) is 11.0 Å². The number of aromatic nitrogens is 2. The minimum atomic E-state index is -1.06. The van der Waals surface area contributed by atoms with Crippen LogP contribution in [-0.2, 0) is 17.9 Å². The highest BCUT2D eigenvalue weighted by molar-refractivity contribution is 6.30. The number of nitrogens with one attached hydrogen (secondary N) is 1. The second kappa shape index (κ2) is 8.49. The van der Waals surface area contributed by atoms with E-state index in [4.69, 9.17) is 11.6 Å². The zero-order chi connectivity index (χ0) is 23.2. The third-order valence-corrected chi connectivity index (χ3v) is 7.53. The van der Waals surface area contributed by atoms with Gasteiger partial charge in [-0.25, -0.2) is 4.98 Å². The summed E-state index contributed by atoms with van der Waals surface area (Å²) in [4.78, 5) is 33.9. The molecule has 1 aromatic heterocycles. The molecule has 5 rings (SSSR count). The number of carbonyl (C=O) groups excluding carboxylic acids is 2. The molecule has 1 aliphatic carbocycles. The molecular formula is C26H29ClN4O2. The maximum Gasteiger partial charge on any atom is 0.291 e. The van der Waals surface area contributed by atoms with E-state index >= 15 is 0 Å². The van der Waals surface area contributed by atoms with Crippen LogP contribution >= 0.6 is 11.6 Å². The van der Waals surface area contributed by atoms with E-state index in [0.717, 1.165) is 35.9 Å². The van der Waals surface area contributed by atoms with Gasteiger partial charge in [0.05, 0.1) is 17.6 Å². The van der Waals surface area contributed by atoms with Crippen LogP contribution in [0.2, 0.25) is 5.02 Å². The predicted molar refractivity (Wildman–Crippen MR) is 129 cm³/mol. The lowest BCUT2D eigenvalue weighted by atomic mass is 9.85. The van der Waals surface area contributed by atoms with Crippen LogP contribution in [0.15, 0.2) is 48.5 Å². The quantitative estimate of drug-likeness (QED) is 0.603. The molecule has 3 atom stereocenters. The number of para-hydroxylation sites is 2. The van der Waals surface area contributed by atoms with E-state index in [1.54, 1.807) is 11.0 Å². The molecule has 1 saturated carbocycles. The maximum atomic E-state index is 13.8. The van der Waals surface area contributed by atoms with Gasteiger partial charge in [0.25, 0.3) is 5.91 Å². The van der Waals surface area contributed by atoms with Gasteiger partial charge in [0.1, 0.15) is 5.54 Å². The fourth-order valence-corrected chi connectivity index (χ4v) is 5.46. The maximum absolute atomic E-state index is 13.8. The molecule has 1 N–H and O–H groups in total. The number of hydrogen-bond donors (Lipinski definition) is 1. The Labute approximate surface area is 198 Å². The normalized spacial score (nSPS) is 25.2. The number of benzene rings is 2. The van der Waals surface area contributed by atoms with Gasteiger partial charge in [-0.05, 0) is 55.5 Å². The Morgan fingerprint density at radius 1 is 1.18 bits per heavy atom. The van der Waals surface area contributed by atoms with Crippen LogP contribution in [0.1, 0.15) is 55.7 Å². The van der Waals surface area contributed by atoms with Crippen LogP contribution in [0.3, 0.4) is 0 Å². The summed E-state index contributed by atoms with van der Waals surface area (Å²) in [6.07, 6.45) is 4.41. The van der Waals surface area contributed by atoms with Crippen molar-refractivity contribution in [1.82, 2.24) is 19.8 Å². The van der Waals surface area contributed by atoms with E-state index in [9.17, 15) is 9.59 Å².